The number of rotatable bonds is 3. The Labute approximate surface area is 83.5 Å². The maximum Gasteiger partial charge on any atom is 0.446 e. The van der Waals surface area contributed by atoms with Crippen molar-refractivity contribution in [2.75, 3.05) is 6.61 Å². The van der Waals surface area contributed by atoms with Gasteiger partial charge in [-0.3, -0.25) is 4.98 Å². The SMILES string of the molecule is CCOc1cncc(SC(F)(F)F)c1. The van der Waals surface area contributed by atoms with Crippen LogP contribution in [0.5, 0.6) is 5.75 Å². The molecule has 1 heterocycles. The molecule has 0 aliphatic carbocycles. The number of halogens is 3. The highest BCUT2D eigenvalue weighted by Crippen LogP contribution is 2.37. The van der Waals surface area contributed by atoms with E-state index in [2.05, 4.69) is 4.98 Å². The first kappa shape index (κ1) is 11.2. The Hall–Kier alpha value is -0.910. The van der Waals surface area contributed by atoms with Crippen molar-refractivity contribution in [1.82, 2.24) is 4.98 Å². The quantitative estimate of drug-likeness (QED) is 0.735. The van der Waals surface area contributed by atoms with Crippen LogP contribution in [0.15, 0.2) is 23.4 Å². The Morgan fingerprint density at radius 1 is 1.43 bits per heavy atom. The summed E-state index contributed by atoms with van der Waals surface area (Å²) in [7, 11) is 0. The molecule has 14 heavy (non-hydrogen) atoms. The standard InChI is InChI=1S/C8H8F3NOS/c1-2-13-6-3-7(5-12-4-6)14-8(9,10)11/h3-5H,2H2,1H3. The lowest BCUT2D eigenvalue weighted by molar-refractivity contribution is -0.0328. The summed E-state index contributed by atoms with van der Waals surface area (Å²) < 4.78 is 40.9. The van der Waals surface area contributed by atoms with E-state index in [1.165, 1.54) is 12.3 Å². The molecule has 1 aromatic heterocycles. The molecule has 1 aromatic rings. The highest BCUT2D eigenvalue weighted by molar-refractivity contribution is 8.00. The van der Waals surface area contributed by atoms with Gasteiger partial charge in [0, 0.05) is 11.1 Å². The van der Waals surface area contributed by atoms with Crippen LogP contribution in [0.2, 0.25) is 0 Å². The molecule has 0 radical (unpaired) electrons. The maximum atomic E-state index is 12.0. The zero-order valence-corrected chi connectivity index (χ0v) is 8.15. The lowest BCUT2D eigenvalue weighted by atomic mass is 10.5. The first-order valence-corrected chi connectivity index (χ1v) is 4.66. The molecule has 0 aliphatic rings. The molecule has 1 rings (SSSR count). The highest BCUT2D eigenvalue weighted by atomic mass is 32.2. The molecule has 0 saturated heterocycles. The number of thioether (sulfide) groups is 1. The third kappa shape index (κ3) is 3.87. The minimum absolute atomic E-state index is 0.0310. The highest BCUT2D eigenvalue weighted by Gasteiger charge is 2.29. The monoisotopic (exact) mass is 223 g/mol. The van der Waals surface area contributed by atoms with E-state index in [-0.39, 0.29) is 16.7 Å². The van der Waals surface area contributed by atoms with Crippen molar-refractivity contribution in [1.29, 1.82) is 0 Å². The van der Waals surface area contributed by atoms with E-state index in [4.69, 9.17) is 4.74 Å². The molecule has 0 atom stereocenters. The predicted molar refractivity (Wildman–Crippen MR) is 47.3 cm³/mol. The van der Waals surface area contributed by atoms with E-state index >= 15 is 0 Å². The van der Waals surface area contributed by atoms with E-state index < -0.39 is 5.51 Å². The molecule has 0 aliphatic heterocycles. The van der Waals surface area contributed by atoms with Crippen LogP contribution in [-0.4, -0.2) is 17.1 Å². The number of alkyl halides is 3. The van der Waals surface area contributed by atoms with E-state index in [1.807, 2.05) is 0 Å². The van der Waals surface area contributed by atoms with Gasteiger partial charge in [0.15, 0.2) is 0 Å². The molecule has 0 saturated carbocycles. The Morgan fingerprint density at radius 3 is 2.71 bits per heavy atom. The molecule has 6 heteroatoms. The second kappa shape index (κ2) is 4.54. The molecule has 0 unspecified atom stereocenters. The molecular formula is C8H8F3NOS. The van der Waals surface area contributed by atoms with Crippen LogP contribution < -0.4 is 4.74 Å². The average Bonchev–Trinajstić information content (AvgIpc) is 2.02. The van der Waals surface area contributed by atoms with Crippen molar-refractivity contribution < 1.29 is 17.9 Å². The van der Waals surface area contributed by atoms with Gasteiger partial charge in [-0.25, -0.2) is 0 Å². The number of hydrogen-bond donors (Lipinski definition) is 0. The third-order valence-corrected chi connectivity index (χ3v) is 1.92. The van der Waals surface area contributed by atoms with Gasteiger partial charge in [-0.2, -0.15) is 13.2 Å². The van der Waals surface area contributed by atoms with Gasteiger partial charge in [0.2, 0.25) is 0 Å². The van der Waals surface area contributed by atoms with Gasteiger partial charge in [-0.1, -0.05) is 0 Å². The summed E-state index contributed by atoms with van der Waals surface area (Å²) in [6, 6.07) is 1.31. The third-order valence-electron chi connectivity index (χ3n) is 1.23. The fourth-order valence-electron chi connectivity index (χ4n) is 0.834. The molecule has 78 valence electrons. The van der Waals surface area contributed by atoms with Gasteiger partial charge in [0.1, 0.15) is 5.75 Å². The lowest BCUT2D eigenvalue weighted by Crippen LogP contribution is -1.99. The molecule has 0 aromatic carbocycles. The second-order valence-corrected chi connectivity index (χ2v) is 3.48. The Kier molecular flexibility index (Phi) is 3.62. The van der Waals surface area contributed by atoms with Gasteiger partial charge in [0.25, 0.3) is 0 Å². The average molecular weight is 223 g/mol. The van der Waals surface area contributed by atoms with E-state index in [0.717, 1.165) is 6.20 Å². The van der Waals surface area contributed by atoms with Crippen LogP contribution in [0.4, 0.5) is 13.2 Å². The second-order valence-electron chi connectivity index (χ2n) is 2.34. The van der Waals surface area contributed by atoms with Crippen molar-refractivity contribution in [3.8, 4) is 5.75 Å². The summed E-state index contributed by atoms with van der Waals surface area (Å²) in [5.74, 6) is 0.349. The van der Waals surface area contributed by atoms with Gasteiger partial charge >= 0.3 is 5.51 Å². The van der Waals surface area contributed by atoms with Gasteiger partial charge in [-0.05, 0) is 24.8 Å². The van der Waals surface area contributed by atoms with Crippen LogP contribution in [-0.2, 0) is 0 Å². The number of hydrogen-bond acceptors (Lipinski definition) is 3. The largest absolute Gasteiger partial charge is 0.492 e. The number of pyridine rings is 1. The van der Waals surface area contributed by atoms with Crippen molar-refractivity contribution in [2.45, 2.75) is 17.3 Å². The van der Waals surface area contributed by atoms with Gasteiger partial charge in [0.05, 0.1) is 12.8 Å². The smallest absolute Gasteiger partial charge is 0.446 e. The van der Waals surface area contributed by atoms with Crippen LogP contribution in [0, 0.1) is 0 Å². The Balaban J connectivity index is 2.73. The first-order chi connectivity index (χ1) is 6.51. The number of ether oxygens (including phenoxy) is 1. The van der Waals surface area contributed by atoms with Crippen LogP contribution in [0.3, 0.4) is 0 Å². The molecular weight excluding hydrogens is 215 g/mol. The number of aromatic nitrogens is 1. The maximum absolute atomic E-state index is 12.0. The minimum atomic E-state index is -4.29. The topological polar surface area (TPSA) is 22.1 Å². The summed E-state index contributed by atoms with van der Waals surface area (Å²) in [5, 5.41) is 0. The van der Waals surface area contributed by atoms with Crippen LogP contribution in [0.25, 0.3) is 0 Å². The van der Waals surface area contributed by atoms with Crippen molar-refractivity contribution in [3.63, 3.8) is 0 Å². The van der Waals surface area contributed by atoms with Crippen molar-refractivity contribution in [3.05, 3.63) is 18.5 Å². The molecule has 0 fully saturated rings. The molecule has 0 bridgehead atoms. The van der Waals surface area contributed by atoms with E-state index in [1.54, 1.807) is 6.92 Å². The minimum Gasteiger partial charge on any atom is -0.492 e. The summed E-state index contributed by atoms with van der Waals surface area (Å²) in [4.78, 5) is 3.67. The van der Waals surface area contributed by atoms with E-state index in [9.17, 15) is 13.2 Å². The fraction of sp³-hybridized carbons (Fsp3) is 0.375. The first-order valence-electron chi connectivity index (χ1n) is 3.85. The summed E-state index contributed by atoms with van der Waals surface area (Å²) in [6.07, 6.45) is 2.53. The molecule has 0 N–H and O–H groups in total. The summed E-state index contributed by atoms with van der Waals surface area (Å²) in [5.41, 5.74) is -4.29. The normalized spacial score (nSPS) is 11.4. The van der Waals surface area contributed by atoms with Gasteiger partial charge in [-0.15, -0.1) is 0 Å². The van der Waals surface area contributed by atoms with Crippen molar-refractivity contribution >= 4 is 11.8 Å². The van der Waals surface area contributed by atoms with Crippen molar-refractivity contribution in [2.24, 2.45) is 0 Å². The summed E-state index contributed by atoms with van der Waals surface area (Å²) >= 11 is -0.202. The van der Waals surface area contributed by atoms with E-state index in [0.29, 0.717) is 12.4 Å². The zero-order valence-electron chi connectivity index (χ0n) is 7.34. The van der Waals surface area contributed by atoms with Crippen LogP contribution in [0.1, 0.15) is 6.92 Å². The predicted octanol–water partition coefficient (Wildman–Crippen LogP) is 3.09. The molecule has 2 nitrogen and oxygen atoms in total. The number of nitrogens with zero attached hydrogens (tertiary/aromatic N) is 1. The Morgan fingerprint density at radius 2 is 2.14 bits per heavy atom. The fourth-order valence-corrected chi connectivity index (χ4v) is 1.39. The van der Waals surface area contributed by atoms with Gasteiger partial charge < -0.3 is 4.74 Å². The summed E-state index contributed by atoms with van der Waals surface area (Å²) in [6.45, 7) is 2.16. The Bertz CT molecular complexity index is 303. The zero-order chi connectivity index (χ0) is 10.6. The van der Waals surface area contributed by atoms with Crippen LogP contribution >= 0.6 is 11.8 Å². The molecule has 0 amide bonds. The molecule has 0 spiro atoms. The lowest BCUT2D eigenvalue weighted by Gasteiger charge is -2.06.